The number of nitrogens with zero attached hydrogens (tertiary/aromatic N) is 3. The van der Waals surface area contributed by atoms with E-state index >= 15 is 0 Å². The maximum Gasteiger partial charge on any atom is 0.243 e. The van der Waals surface area contributed by atoms with Crippen LogP contribution in [0.3, 0.4) is 0 Å². The van der Waals surface area contributed by atoms with Crippen LogP contribution in [0.5, 0.6) is 0 Å². The minimum Gasteiger partial charge on any atom is -0.379 e. The van der Waals surface area contributed by atoms with Crippen molar-refractivity contribution in [2.75, 3.05) is 60.0 Å². The molecule has 1 fully saturated rings. The number of rotatable bonds is 7. The number of aliphatic imine (C=N–C) groups is 1. The summed E-state index contributed by atoms with van der Waals surface area (Å²) >= 11 is 6.21. The Bertz CT molecular complexity index is 632. The lowest BCUT2D eigenvalue weighted by atomic mass is 10.0. The van der Waals surface area contributed by atoms with Crippen molar-refractivity contribution >= 4 is 23.5 Å². The van der Waals surface area contributed by atoms with Crippen molar-refractivity contribution in [1.82, 2.24) is 20.4 Å². The molecule has 1 saturated heterocycles. The van der Waals surface area contributed by atoms with Crippen molar-refractivity contribution in [2.45, 2.75) is 13.0 Å². The fourth-order valence-electron chi connectivity index (χ4n) is 2.88. The molecule has 1 atom stereocenters. The van der Waals surface area contributed by atoms with Crippen LogP contribution in [0.2, 0.25) is 5.02 Å². The topological polar surface area (TPSA) is 69.2 Å². The summed E-state index contributed by atoms with van der Waals surface area (Å²) in [4.78, 5) is 20.1. The van der Waals surface area contributed by atoms with Gasteiger partial charge in [-0.25, -0.2) is 4.99 Å². The molecule has 0 radical (unpaired) electrons. The molecule has 2 rings (SSSR count). The van der Waals surface area contributed by atoms with Crippen molar-refractivity contribution in [1.29, 1.82) is 0 Å². The summed E-state index contributed by atoms with van der Waals surface area (Å²) in [5.41, 5.74) is 1.15. The number of halogens is 1. The molecule has 1 aromatic carbocycles. The number of likely N-dealkylation sites (N-methyl/N-ethyl adjacent to an activating group) is 1. The summed E-state index contributed by atoms with van der Waals surface area (Å²) < 4.78 is 5.49. The monoisotopic (exact) mass is 395 g/mol. The average molecular weight is 396 g/mol. The zero-order valence-corrected chi connectivity index (χ0v) is 17.1. The van der Waals surface area contributed by atoms with Crippen molar-refractivity contribution in [3.05, 3.63) is 34.9 Å². The number of hydrogen-bond donors (Lipinski definition) is 2. The predicted octanol–water partition coefficient (Wildman–Crippen LogP) is 1.36. The molecular weight excluding hydrogens is 366 g/mol. The molecule has 1 aliphatic heterocycles. The molecule has 150 valence electrons. The van der Waals surface area contributed by atoms with Crippen LogP contribution in [0, 0.1) is 0 Å². The number of carbonyl (C=O) groups excluding carboxylic acids is 1. The molecule has 1 unspecified atom stereocenters. The van der Waals surface area contributed by atoms with Gasteiger partial charge in [0.05, 0.1) is 19.3 Å². The molecule has 27 heavy (non-hydrogen) atoms. The van der Waals surface area contributed by atoms with E-state index in [1.54, 1.807) is 14.1 Å². The molecule has 0 spiro atoms. The average Bonchev–Trinajstić information content (AvgIpc) is 2.66. The number of nitrogens with one attached hydrogen (secondary N) is 2. The summed E-state index contributed by atoms with van der Waals surface area (Å²) in [6.45, 7) is 6.68. The van der Waals surface area contributed by atoms with E-state index in [2.05, 4.69) is 26.6 Å². The smallest absolute Gasteiger partial charge is 0.243 e. The van der Waals surface area contributed by atoms with Gasteiger partial charge >= 0.3 is 0 Å². The second-order valence-electron chi connectivity index (χ2n) is 6.58. The Labute approximate surface area is 166 Å². The van der Waals surface area contributed by atoms with Crippen molar-refractivity contribution in [2.24, 2.45) is 4.99 Å². The zero-order chi connectivity index (χ0) is 19.6. The van der Waals surface area contributed by atoms with E-state index in [1.165, 1.54) is 4.90 Å². The molecule has 1 amide bonds. The SMILES string of the molecule is CCNC(=NCC(=O)N(C)C)NCC(c1cccc(Cl)c1)N1CCOCC1. The standard InChI is InChI=1S/C19H30ClN5O2/c1-4-21-19(23-14-18(26)24(2)3)22-13-17(25-8-10-27-11-9-25)15-6-5-7-16(20)12-15/h5-7,12,17H,4,8-11,13-14H2,1-3H3,(H2,21,22,23). The summed E-state index contributed by atoms with van der Waals surface area (Å²) in [5, 5.41) is 7.29. The molecule has 2 N–H and O–H groups in total. The second kappa shape index (κ2) is 11.1. The van der Waals surface area contributed by atoms with Gasteiger partial charge in [-0.2, -0.15) is 0 Å². The first-order valence-electron chi connectivity index (χ1n) is 9.31. The number of hydrogen-bond acceptors (Lipinski definition) is 4. The Hall–Kier alpha value is -1.83. The highest BCUT2D eigenvalue weighted by molar-refractivity contribution is 6.30. The third-order valence-corrected chi connectivity index (χ3v) is 4.63. The highest BCUT2D eigenvalue weighted by atomic mass is 35.5. The molecule has 0 saturated carbocycles. The quantitative estimate of drug-likeness (QED) is 0.539. The van der Waals surface area contributed by atoms with Crippen LogP contribution in [0.4, 0.5) is 0 Å². The Morgan fingerprint density at radius 3 is 2.70 bits per heavy atom. The van der Waals surface area contributed by atoms with Gasteiger partial charge < -0.3 is 20.3 Å². The van der Waals surface area contributed by atoms with Crippen LogP contribution >= 0.6 is 11.6 Å². The molecular formula is C19H30ClN5O2. The molecule has 1 heterocycles. The van der Waals surface area contributed by atoms with E-state index in [0.29, 0.717) is 12.5 Å². The fourth-order valence-corrected chi connectivity index (χ4v) is 3.08. The first-order valence-corrected chi connectivity index (χ1v) is 9.68. The highest BCUT2D eigenvalue weighted by Gasteiger charge is 2.23. The van der Waals surface area contributed by atoms with Crippen LogP contribution in [0.25, 0.3) is 0 Å². The molecule has 0 aromatic heterocycles. The first-order chi connectivity index (χ1) is 13.0. The third kappa shape index (κ3) is 7.01. The van der Waals surface area contributed by atoms with E-state index in [-0.39, 0.29) is 18.5 Å². The lowest BCUT2D eigenvalue weighted by molar-refractivity contribution is -0.127. The van der Waals surface area contributed by atoms with Crippen LogP contribution in [-0.4, -0.2) is 81.7 Å². The van der Waals surface area contributed by atoms with Crippen LogP contribution in [0.15, 0.2) is 29.3 Å². The molecule has 1 aliphatic rings. The van der Waals surface area contributed by atoms with Crippen LogP contribution < -0.4 is 10.6 Å². The van der Waals surface area contributed by atoms with Gasteiger partial charge in [0.2, 0.25) is 5.91 Å². The molecule has 7 nitrogen and oxygen atoms in total. The summed E-state index contributed by atoms with van der Waals surface area (Å²) in [7, 11) is 3.46. The minimum atomic E-state index is -0.0354. The van der Waals surface area contributed by atoms with Crippen LogP contribution in [0.1, 0.15) is 18.5 Å². The van der Waals surface area contributed by atoms with Gasteiger partial charge in [0, 0.05) is 45.3 Å². The normalized spacial score (nSPS) is 16.7. The van der Waals surface area contributed by atoms with Gasteiger partial charge in [0.1, 0.15) is 6.54 Å². The number of morpholine rings is 1. The van der Waals surface area contributed by atoms with Crippen molar-refractivity contribution in [3.63, 3.8) is 0 Å². The number of benzene rings is 1. The second-order valence-corrected chi connectivity index (χ2v) is 7.02. The summed E-state index contributed by atoms with van der Waals surface area (Å²) in [5.74, 6) is 0.597. The lowest BCUT2D eigenvalue weighted by Gasteiger charge is -2.35. The highest BCUT2D eigenvalue weighted by Crippen LogP contribution is 2.23. The maximum absolute atomic E-state index is 11.8. The lowest BCUT2D eigenvalue weighted by Crippen LogP contribution is -2.46. The van der Waals surface area contributed by atoms with E-state index in [0.717, 1.165) is 43.4 Å². The third-order valence-electron chi connectivity index (χ3n) is 4.40. The van der Waals surface area contributed by atoms with E-state index in [4.69, 9.17) is 16.3 Å². The molecule has 8 heteroatoms. The van der Waals surface area contributed by atoms with E-state index in [1.807, 2.05) is 25.1 Å². The number of amides is 1. The number of guanidine groups is 1. The van der Waals surface area contributed by atoms with Gasteiger partial charge in [0.15, 0.2) is 5.96 Å². The largest absolute Gasteiger partial charge is 0.379 e. The van der Waals surface area contributed by atoms with E-state index < -0.39 is 0 Å². The fraction of sp³-hybridized carbons (Fsp3) is 0.579. The van der Waals surface area contributed by atoms with Gasteiger partial charge in [-0.15, -0.1) is 0 Å². The summed E-state index contributed by atoms with van der Waals surface area (Å²) in [6.07, 6.45) is 0. The molecule has 1 aromatic rings. The predicted molar refractivity (Wildman–Crippen MR) is 109 cm³/mol. The number of carbonyl (C=O) groups is 1. The Morgan fingerprint density at radius 1 is 1.33 bits per heavy atom. The Kier molecular flexibility index (Phi) is 8.84. The Morgan fingerprint density at radius 2 is 2.07 bits per heavy atom. The van der Waals surface area contributed by atoms with Crippen LogP contribution in [-0.2, 0) is 9.53 Å². The van der Waals surface area contributed by atoms with Gasteiger partial charge in [-0.1, -0.05) is 23.7 Å². The van der Waals surface area contributed by atoms with Crippen molar-refractivity contribution < 1.29 is 9.53 Å². The maximum atomic E-state index is 11.8. The van der Waals surface area contributed by atoms with E-state index in [9.17, 15) is 4.79 Å². The zero-order valence-electron chi connectivity index (χ0n) is 16.4. The first kappa shape index (κ1) is 21.5. The van der Waals surface area contributed by atoms with Gasteiger partial charge in [-0.05, 0) is 24.6 Å². The molecule has 0 aliphatic carbocycles. The minimum absolute atomic E-state index is 0.0354. The van der Waals surface area contributed by atoms with Gasteiger partial charge in [0.25, 0.3) is 0 Å². The van der Waals surface area contributed by atoms with Crippen molar-refractivity contribution in [3.8, 4) is 0 Å². The number of ether oxygens (including phenoxy) is 1. The molecule has 0 bridgehead atoms. The Balaban J connectivity index is 2.10. The summed E-state index contributed by atoms with van der Waals surface area (Å²) in [6, 6.07) is 8.09. The van der Waals surface area contributed by atoms with Gasteiger partial charge in [-0.3, -0.25) is 9.69 Å².